The first-order chi connectivity index (χ1) is 14.6. The molecule has 1 aromatic heterocycles. The van der Waals surface area contributed by atoms with Crippen LogP contribution in [0.15, 0.2) is 71.5 Å². The zero-order valence-electron chi connectivity index (χ0n) is 17.2. The van der Waals surface area contributed by atoms with E-state index in [1.165, 1.54) is 0 Å². The highest BCUT2D eigenvalue weighted by Crippen LogP contribution is 2.27. The zero-order chi connectivity index (χ0) is 22.6. The van der Waals surface area contributed by atoms with Gasteiger partial charge in [-0.25, -0.2) is 0 Å². The Hall–Kier alpha value is -3.35. The molecule has 2 N–H and O–H groups in total. The summed E-state index contributed by atoms with van der Waals surface area (Å²) >= 11 is 0. The van der Waals surface area contributed by atoms with Gasteiger partial charge in [0.05, 0.1) is 6.04 Å². The van der Waals surface area contributed by atoms with Gasteiger partial charge in [-0.3, -0.25) is 9.59 Å². The third kappa shape index (κ3) is 5.63. The Kier molecular flexibility index (Phi) is 6.63. The molecular weight excluding hydrogens is 405 g/mol. The highest BCUT2D eigenvalue weighted by Gasteiger charge is 2.32. The zero-order valence-corrected chi connectivity index (χ0v) is 17.2. The number of aromatic amines is 1. The second-order valence-corrected chi connectivity index (χ2v) is 7.77. The Morgan fingerprint density at radius 3 is 2.10 bits per heavy atom. The lowest BCUT2D eigenvalue weighted by molar-refractivity contribution is -0.141. The predicted molar refractivity (Wildman–Crippen MR) is 113 cm³/mol. The van der Waals surface area contributed by atoms with Gasteiger partial charge >= 0.3 is 6.18 Å². The molecule has 3 rings (SSSR count). The number of amides is 1. The SMILES string of the molecule is CC(C)Cc1ccc(C(NC(=O)c2ccc(C(F)(F)F)[nH]c2=O)c2ccccc2)cc1. The summed E-state index contributed by atoms with van der Waals surface area (Å²) in [5.41, 5.74) is 0.0773. The number of aromatic nitrogens is 1. The molecular formula is C24H23F3N2O2. The normalized spacial score (nSPS) is 12.6. The van der Waals surface area contributed by atoms with E-state index in [1.807, 2.05) is 54.6 Å². The van der Waals surface area contributed by atoms with E-state index in [2.05, 4.69) is 19.2 Å². The highest BCUT2D eigenvalue weighted by molar-refractivity contribution is 5.94. The van der Waals surface area contributed by atoms with Crippen molar-refractivity contribution in [2.45, 2.75) is 32.5 Å². The van der Waals surface area contributed by atoms with Crippen LogP contribution in [0.1, 0.15) is 52.6 Å². The molecule has 0 aliphatic carbocycles. The molecule has 162 valence electrons. The van der Waals surface area contributed by atoms with Gasteiger partial charge in [0.25, 0.3) is 11.5 Å². The van der Waals surface area contributed by atoms with E-state index in [0.717, 1.165) is 29.2 Å². The summed E-state index contributed by atoms with van der Waals surface area (Å²) in [6, 6.07) is 18.0. The van der Waals surface area contributed by atoms with Crippen molar-refractivity contribution in [3.8, 4) is 0 Å². The molecule has 1 heterocycles. The van der Waals surface area contributed by atoms with Gasteiger partial charge in [-0.2, -0.15) is 13.2 Å². The molecule has 31 heavy (non-hydrogen) atoms. The summed E-state index contributed by atoms with van der Waals surface area (Å²) < 4.78 is 38.4. The molecule has 1 unspecified atom stereocenters. The van der Waals surface area contributed by atoms with Gasteiger partial charge in [0, 0.05) is 0 Å². The van der Waals surface area contributed by atoms with Gasteiger partial charge in [-0.05, 0) is 41.2 Å². The first kappa shape index (κ1) is 22.3. The Morgan fingerprint density at radius 2 is 1.55 bits per heavy atom. The van der Waals surface area contributed by atoms with E-state index in [1.54, 1.807) is 4.98 Å². The van der Waals surface area contributed by atoms with Crippen molar-refractivity contribution >= 4 is 5.91 Å². The van der Waals surface area contributed by atoms with Crippen LogP contribution in [0, 0.1) is 5.92 Å². The molecule has 0 fully saturated rings. The quantitative estimate of drug-likeness (QED) is 0.573. The third-order valence-electron chi connectivity index (χ3n) is 4.82. The Labute approximate surface area is 178 Å². The summed E-state index contributed by atoms with van der Waals surface area (Å²) in [6.45, 7) is 4.25. The number of hydrogen-bond acceptors (Lipinski definition) is 2. The molecule has 0 saturated carbocycles. The highest BCUT2D eigenvalue weighted by atomic mass is 19.4. The maximum atomic E-state index is 12.8. The Balaban J connectivity index is 1.91. The van der Waals surface area contributed by atoms with E-state index in [0.29, 0.717) is 12.0 Å². The number of H-pyrrole nitrogens is 1. The van der Waals surface area contributed by atoms with Crippen LogP contribution >= 0.6 is 0 Å². The minimum atomic E-state index is -4.70. The minimum Gasteiger partial charge on any atom is -0.341 e. The Bertz CT molecular complexity index is 1090. The number of hydrogen-bond donors (Lipinski definition) is 2. The number of carbonyl (C=O) groups is 1. The molecule has 0 aliphatic rings. The molecule has 1 atom stereocenters. The summed E-state index contributed by atoms with van der Waals surface area (Å²) in [4.78, 5) is 26.6. The summed E-state index contributed by atoms with van der Waals surface area (Å²) in [5, 5.41) is 2.78. The first-order valence-corrected chi connectivity index (χ1v) is 9.90. The predicted octanol–water partition coefficient (Wildman–Crippen LogP) is 5.11. The summed E-state index contributed by atoms with van der Waals surface area (Å²) in [6.07, 6.45) is -3.78. The molecule has 0 saturated heterocycles. The van der Waals surface area contributed by atoms with Crippen molar-refractivity contribution in [3.05, 3.63) is 105 Å². The van der Waals surface area contributed by atoms with Crippen molar-refractivity contribution in [3.63, 3.8) is 0 Å². The van der Waals surface area contributed by atoms with Gasteiger partial charge in [-0.15, -0.1) is 0 Å². The number of nitrogens with one attached hydrogen (secondary N) is 2. The molecule has 0 spiro atoms. The monoisotopic (exact) mass is 428 g/mol. The van der Waals surface area contributed by atoms with Crippen molar-refractivity contribution in [2.24, 2.45) is 5.92 Å². The van der Waals surface area contributed by atoms with E-state index in [4.69, 9.17) is 0 Å². The van der Waals surface area contributed by atoms with Gasteiger partial charge in [-0.1, -0.05) is 68.4 Å². The van der Waals surface area contributed by atoms with E-state index in [-0.39, 0.29) is 5.56 Å². The largest absolute Gasteiger partial charge is 0.431 e. The number of carbonyl (C=O) groups excluding carboxylic acids is 1. The van der Waals surface area contributed by atoms with Crippen molar-refractivity contribution in [1.82, 2.24) is 10.3 Å². The van der Waals surface area contributed by atoms with Crippen molar-refractivity contribution in [2.75, 3.05) is 0 Å². The van der Waals surface area contributed by atoms with Gasteiger partial charge in [0.15, 0.2) is 0 Å². The van der Waals surface area contributed by atoms with Crippen LogP contribution in [0.3, 0.4) is 0 Å². The average molecular weight is 428 g/mol. The second-order valence-electron chi connectivity index (χ2n) is 7.77. The van der Waals surface area contributed by atoms with Crippen molar-refractivity contribution in [1.29, 1.82) is 0 Å². The van der Waals surface area contributed by atoms with Gasteiger partial charge < -0.3 is 10.3 Å². The van der Waals surface area contributed by atoms with Crippen LogP contribution in [-0.4, -0.2) is 10.9 Å². The van der Waals surface area contributed by atoms with Crippen LogP contribution < -0.4 is 10.9 Å². The number of pyridine rings is 1. The fourth-order valence-corrected chi connectivity index (χ4v) is 3.35. The number of halogens is 3. The van der Waals surface area contributed by atoms with Gasteiger partial charge in [0.1, 0.15) is 11.3 Å². The van der Waals surface area contributed by atoms with Crippen LogP contribution in [0.25, 0.3) is 0 Å². The van der Waals surface area contributed by atoms with Gasteiger partial charge in [0.2, 0.25) is 0 Å². The third-order valence-corrected chi connectivity index (χ3v) is 4.82. The first-order valence-electron chi connectivity index (χ1n) is 9.90. The molecule has 0 radical (unpaired) electrons. The second kappa shape index (κ2) is 9.20. The molecule has 0 bridgehead atoms. The fourth-order valence-electron chi connectivity index (χ4n) is 3.35. The van der Waals surface area contributed by atoms with Crippen LogP contribution in [0.4, 0.5) is 13.2 Å². The van der Waals surface area contributed by atoms with Crippen molar-refractivity contribution < 1.29 is 18.0 Å². The van der Waals surface area contributed by atoms with E-state index >= 15 is 0 Å². The van der Waals surface area contributed by atoms with Crippen LogP contribution in [0.2, 0.25) is 0 Å². The Morgan fingerprint density at radius 1 is 0.935 bits per heavy atom. The smallest absolute Gasteiger partial charge is 0.341 e. The molecule has 1 amide bonds. The summed E-state index contributed by atoms with van der Waals surface area (Å²) in [7, 11) is 0. The number of alkyl halides is 3. The molecule has 3 aromatic rings. The lowest BCUT2D eigenvalue weighted by Crippen LogP contribution is -2.34. The van der Waals surface area contributed by atoms with Crippen LogP contribution in [0.5, 0.6) is 0 Å². The summed E-state index contributed by atoms with van der Waals surface area (Å²) in [5.74, 6) is -0.253. The number of benzene rings is 2. The molecule has 4 nitrogen and oxygen atoms in total. The molecule has 0 aliphatic heterocycles. The standard InChI is InChI=1S/C24H23F3N2O2/c1-15(2)14-16-8-10-18(11-9-16)21(17-6-4-3-5-7-17)29-23(31)19-12-13-20(24(25,26)27)28-22(19)30/h3-13,15,21H,14H2,1-2H3,(H,28,30)(H,29,31). The molecule has 7 heteroatoms. The maximum absolute atomic E-state index is 12.8. The maximum Gasteiger partial charge on any atom is 0.431 e. The number of rotatable bonds is 6. The molecule has 2 aromatic carbocycles. The minimum absolute atomic E-state index is 0.384. The fraction of sp³-hybridized carbons (Fsp3) is 0.250. The van der Waals surface area contributed by atoms with E-state index in [9.17, 15) is 22.8 Å². The van der Waals surface area contributed by atoms with E-state index < -0.39 is 29.4 Å². The van der Waals surface area contributed by atoms with Crippen LogP contribution in [-0.2, 0) is 12.6 Å². The lowest BCUT2D eigenvalue weighted by atomic mass is 9.95. The average Bonchev–Trinajstić information content (AvgIpc) is 2.72. The lowest BCUT2D eigenvalue weighted by Gasteiger charge is -2.20. The topological polar surface area (TPSA) is 62.0 Å².